The van der Waals surface area contributed by atoms with Gasteiger partial charge in [-0.3, -0.25) is 19.4 Å². The molecule has 1 fully saturated rings. The van der Waals surface area contributed by atoms with Crippen LogP contribution in [0.4, 0.5) is 0 Å². The summed E-state index contributed by atoms with van der Waals surface area (Å²) >= 11 is 6.28. The Hall–Kier alpha value is -3.01. The molecule has 172 valence electrons. The Labute approximate surface area is 196 Å². The fourth-order valence-corrected chi connectivity index (χ4v) is 4.33. The van der Waals surface area contributed by atoms with Crippen LogP contribution in [0.2, 0.25) is 5.02 Å². The molecule has 2 aromatic heterocycles. The molecule has 2 atom stereocenters. The van der Waals surface area contributed by atoms with Gasteiger partial charge >= 0.3 is 0 Å². The minimum absolute atomic E-state index is 0.178. The highest BCUT2D eigenvalue weighted by molar-refractivity contribution is 6.32. The minimum atomic E-state index is -0.183. The summed E-state index contributed by atoms with van der Waals surface area (Å²) < 4.78 is 13.8. The van der Waals surface area contributed by atoms with E-state index in [0.717, 1.165) is 24.2 Å². The molecule has 10 heteroatoms. The number of halogens is 1. The Morgan fingerprint density at radius 1 is 1.18 bits per heavy atom. The van der Waals surface area contributed by atoms with Crippen molar-refractivity contribution in [1.29, 1.82) is 0 Å². The van der Waals surface area contributed by atoms with Gasteiger partial charge in [-0.05, 0) is 35.9 Å². The Balaban J connectivity index is 1.38. The average Bonchev–Trinajstić information content (AvgIpc) is 3.43. The number of amides is 1. The second kappa shape index (κ2) is 9.86. The number of hydrogen-bond acceptors (Lipinski definition) is 7. The van der Waals surface area contributed by atoms with Crippen molar-refractivity contribution in [1.82, 2.24) is 30.2 Å². The highest BCUT2D eigenvalue weighted by Gasteiger charge is 2.35. The zero-order valence-electron chi connectivity index (χ0n) is 18.1. The summed E-state index contributed by atoms with van der Waals surface area (Å²) in [5.41, 5.74) is 2.43. The third-order valence-corrected chi connectivity index (χ3v) is 6.14. The molecule has 2 aliphatic heterocycles. The largest absolute Gasteiger partial charge is 0.492 e. The van der Waals surface area contributed by atoms with E-state index >= 15 is 0 Å². The topological polar surface area (TPSA) is 94.4 Å². The molecular weight excluding hydrogens is 444 g/mol. The lowest BCUT2D eigenvalue weighted by molar-refractivity contribution is 0.0293. The van der Waals surface area contributed by atoms with Crippen LogP contribution in [0.1, 0.15) is 28.0 Å². The van der Waals surface area contributed by atoms with E-state index in [4.69, 9.17) is 21.1 Å². The summed E-state index contributed by atoms with van der Waals surface area (Å²) in [5.74, 6) is 0.313. The van der Waals surface area contributed by atoms with Crippen LogP contribution >= 0.6 is 11.6 Å². The van der Waals surface area contributed by atoms with E-state index < -0.39 is 0 Å². The maximum Gasteiger partial charge on any atom is 0.251 e. The quantitative estimate of drug-likeness (QED) is 0.616. The monoisotopic (exact) mass is 468 g/mol. The molecule has 0 saturated carbocycles. The second-order valence-electron chi connectivity index (χ2n) is 8.30. The third-order valence-electron chi connectivity index (χ3n) is 5.83. The van der Waals surface area contributed by atoms with E-state index in [2.05, 4.69) is 25.5 Å². The number of carbonyl (C=O) groups excluding carboxylic acids is 1. The van der Waals surface area contributed by atoms with Crippen LogP contribution < -0.4 is 10.1 Å². The molecular formula is C23H25ClN6O3. The predicted octanol–water partition coefficient (Wildman–Crippen LogP) is 2.31. The first kappa shape index (κ1) is 21.8. The molecule has 4 heterocycles. The number of nitrogens with zero attached hydrogens (tertiary/aromatic N) is 5. The standard InChI is InChI=1S/C23H25ClN6O3/c24-19-3-2-17-10-21(19)32-9-1-8-30-12-18(27-28-30)15-33-22-14-29(13-20(22)26-23(17)31)11-16-4-6-25-7-5-16/h2-7,10,12,20,22H,1,8-9,11,13-15H2,(H,26,31)/t20-,22-/m0/s1. The fraction of sp³-hybridized carbons (Fsp3) is 0.391. The molecule has 1 N–H and O–H groups in total. The van der Waals surface area contributed by atoms with Gasteiger partial charge in [0.05, 0.1) is 36.6 Å². The maximum absolute atomic E-state index is 13.1. The van der Waals surface area contributed by atoms with Crippen LogP contribution in [0.3, 0.4) is 0 Å². The number of rotatable bonds is 2. The lowest BCUT2D eigenvalue weighted by Crippen LogP contribution is -2.44. The van der Waals surface area contributed by atoms with Crippen molar-refractivity contribution in [2.45, 2.75) is 38.3 Å². The van der Waals surface area contributed by atoms with Crippen molar-refractivity contribution in [3.8, 4) is 5.75 Å². The second-order valence-corrected chi connectivity index (χ2v) is 8.71. The van der Waals surface area contributed by atoms with Crippen molar-refractivity contribution in [2.75, 3.05) is 19.7 Å². The first-order valence-electron chi connectivity index (χ1n) is 11.0. The summed E-state index contributed by atoms with van der Waals surface area (Å²) in [5, 5.41) is 12.0. The van der Waals surface area contributed by atoms with Gasteiger partial charge in [0.2, 0.25) is 0 Å². The number of nitrogens with one attached hydrogen (secondary N) is 1. The van der Waals surface area contributed by atoms with Crippen molar-refractivity contribution in [3.63, 3.8) is 0 Å². The number of benzene rings is 1. The van der Waals surface area contributed by atoms with Crippen LogP contribution in [0.25, 0.3) is 0 Å². The van der Waals surface area contributed by atoms with Crippen LogP contribution in [0.15, 0.2) is 48.9 Å². The molecule has 3 aromatic rings. The summed E-state index contributed by atoms with van der Waals surface area (Å²) in [6, 6.07) is 8.91. The van der Waals surface area contributed by atoms with E-state index in [-0.39, 0.29) is 18.1 Å². The smallest absolute Gasteiger partial charge is 0.251 e. The van der Waals surface area contributed by atoms with E-state index in [9.17, 15) is 4.79 Å². The molecule has 9 nitrogen and oxygen atoms in total. The number of likely N-dealkylation sites (tertiary alicyclic amines) is 1. The predicted molar refractivity (Wildman–Crippen MR) is 121 cm³/mol. The SMILES string of the molecule is O=C1N[C@H]2CN(Cc3ccncc3)C[C@@H]2OCc2cn(nn2)CCCOc2cc1ccc2Cl. The number of pyridine rings is 1. The number of ether oxygens (including phenoxy) is 2. The Morgan fingerprint density at radius 3 is 2.94 bits per heavy atom. The van der Waals surface area contributed by atoms with Gasteiger partial charge in [-0.25, -0.2) is 0 Å². The van der Waals surface area contributed by atoms with Crippen LogP contribution in [-0.2, 0) is 24.4 Å². The van der Waals surface area contributed by atoms with Crippen LogP contribution in [0, 0.1) is 0 Å². The lowest BCUT2D eigenvalue weighted by Gasteiger charge is -2.20. The Bertz CT molecular complexity index is 1110. The number of aromatic nitrogens is 4. The van der Waals surface area contributed by atoms with Gasteiger partial charge in [-0.2, -0.15) is 0 Å². The summed E-state index contributed by atoms with van der Waals surface area (Å²) in [4.78, 5) is 19.4. The van der Waals surface area contributed by atoms with E-state index in [0.29, 0.717) is 49.2 Å². The number of carbonyl (C=O) groups is 1. The van der Waals surface area contributed by atoms with Crippen LogP contribution in [0.5, 0.6) is 5.75 Å². The highest BCUT2D eigenvalue weighted by atomic mass is 35.5. The van der Waals surface area contributed by atoms with Crippen molar-refractivity contribution in [2.24, 2.45) is 0 Å². The zero-order chi connectivity index (χ0) is 22.6. The lowest BCUT2D eigenvalue weighted by atomic mass is 10.1. The molecule has 1 aromatic carbocycles. The van der Waals surface area contributed by atoms with E-state index in [1.54, 1.807) is 35.3 Å². The van der Waals surface area contributed by atoms with Crippen LogP contribution in [-0.4, -0.2) is 62.6 Å². The van der Waals surface area contributed by atoms with Crippen molar-refractivity contribution < 1.29 is 14.3 Å². The average molecular weight is 469 g/mol. The zero-order valence-corrected chi connectivity index (χ0v) is 18.8. The third kappa shape index (κ3) is 5.32. The fourth-order valence-electron chi connectivity index (χ4n) is 4.16. The number of aryl methyl sites for hydroxylation is 1. The summed E-state index contributed by atoms with van der Waals surface area (Å²) in [6.45, 7) is 3.56. The number of fused-ring (bicyclic) bond motifs is 5. The normalized spacial score (nSPS) is 21.8. The Kier molecular flexibility index (Phi) is 6.52. The van der Waals surface area contributed by atoms with Crippen molar-refractivity contribution in [3.05, 3.63) is 70.8 Å². The first-order chi connectivity index (χ1) is 16.1. The van der Waals surface area contributed by atoms with Gasteiger partial charge in [-0.1, -0.05) is 16.8 Å². The molecule has 0 radical (unpaired) electrons. The van der Waals surface area contributed by atoms with E-state index in [1.807, 2.05) is 18.3 Å². The van der Waals surface area contributed by atoms with Crippen molar-refractivity contribution >= 4 is 17.5 Å². The van der Waals surface area contributed by atoms with Gasteiger partial charge in [-0.15, -0.1) is 5.10 Å². The van der Waals surface area contributed by atoms with Gasteiger partial charge in [0.1, 0.15) is 11.4 Å². The van der Waals surface area contributed by atoms with Gasteiger partial charge in [0.15, 0.2) is 0 Å². The molecule has 5 rings (SSSR count). The molecule has 0 spiro atoms. The van der Waals surface area contributed by atoms with Gasteiger partial charge in [0.25, 0.3) is 5.91 Å². The van der Waals surface area contributed by atoms with E-state index in [1.165, 1.54) is 0 Å². The number of hydrogen-bond donors (Lipinski definition) is 1. The molecule has 1 amide bonds. The Morgan fingerprint density at radius 2 is 2.06 bits per heavy atom. The first-order valence-corrected chi connectivity index (χ1v) is 11.4. The maximum atomic E-state index is 13.1. The summed E-state index contributed by atoms with van der Waals surface area (Å²) in [6.07, 6.45) is 6.00. The molecule has 1 saturated heterocycles. The van der Waals surface area contributed by atoms with Gasteiger partial charge < -0.3 is 14.8 Å². The molecule has 0 aliphatic carbocycles. The molecule has 33 heavy (non-hydrogen) atoms. The molecule has 4 bridgehead atoms. The van der Waals surface area contributed by atoms with Gasteiger partial charge in [0, 0.05) is 50.6 Å². The molecule has 0 unspecified atom stereocenters. The highest BCUT2D eigenvalue weighted by Crippen LogP contribution is 2.26. The minimum Gasteiger partial charge on any atom is -0.492 e. The molecule has 2 aliphatic rings. The summed E-state index contributed by atoms with van der Waals surface area (Å²) in [7, 11) is 0.